The second-order valence-electron chi connectivity index (χ2n) is 6.33. The Bertz CT molecular complexity index is 458. The van der Waals surface area contributed by atoms with Gasteiger partial charge in [-0.1, -0.05) is 18.2 Å². The predicted octanol–water partition coefficient (Wildman–Crippen LogP) is 3.31. The highest BCUT2D eigenvalue weighted by molar-refractivity contribution is 5.19. The van der Waals surface area contributed by atoms with Crippen LogP contribution < -0.4 is 5.32 Å². The lowest BCUT2D eigenvalue weighted by molar-refractivity contribution is -0.146. The molecule has 1 aliphatic heterocycles. The summed E-state index contributed by atoms with van der Waals surface area (Å²) in [5.74, 6) is 0.506. The van der Waals surface area contributed by atoms with Gasteiger partial charge in [0.25, 0.3) is 0 Å². The van der Waals surface area contributed by atoms with Crippen molar-refractivity contribution in [2.24, 2.45) is 5.92 Å². The average Bonchev–Trinajstić information content (AvgIpc) is 2.45. The van der Waals surface area contributed by atoms with E-state index in [0.29, 0.717) is 12.0 Å². The van der Waals surface area contributed by atoms with E-state index in [1.54, 1.807) is 12.1 Å². The molecular formula is C17H24FNO. The first-order valence-corrected chi connectivity index (χ1v) is 7.77. The minimum atomic E-state index is -0.0850. The second-order valence-corrected chi connectivity index (χ2v) is 6.33. The molecule has 1 heterocycles. The Morgan fingerprint density at radius 1 is 1.40 bits per heavy atom. The summed E-state index contributed by atoms with van der Waals surface area (Å²) in [5, 5.41) is 3.41. The molecule has 3 rings (SSSR count). The molecule has 0 radical (unpaired) electrons. The minimum Gasteiger partial charge on any atom is -0.375 e. The van der Waals surface area contributed by atoms with Gasteiger partial charge in [-0.25, -0.2) is 4.39 Å². The Hall–Kier alpha value is -0.930. The van der Waals surface area contributed by atoms with Gasteiger partial charge in [0.2, 0.25) is 0 Å². The summed E-state index contributed by atoms with van der Waals surface area (Å²) < 4.78 is 19.8. The Morgan fingerprint density at radius 3 is 2.85 bits per heavy atom. The van der Waals surface area contributed by atoms with E-state index in [1.165, 1.54) is 19.3 Å². The maximum absolute atomic E-state index is 13.8. The third-order valence-electron chi connectivity index (χ3n) is 5.13. The predicted molar refractivity (Wildman–Crippen MR) is 78.2 cm³/mol. The Morgan fingerprint density at radius 2 is 2.20 bits per heavy atom. The molecule has 0 bridgehead atoms. The molecule has 0 amide bonds. The van der Waals surface area contributed by atoms with Crippen molar-refractivity contribution in [3.8, 4) is 0 Å². The smallest absolute Gasteiger partial charge is 0.126 e. The van der Waals surface area contributed by atoms with Crippen LogP contribution in [0.3, 0.4) is 0 Å². The van der Waals surface area contributed by atoms with Crippen LogP contribution in [0.1, 0.15) is 37.7 Å². The van der Waals surface area contributed by atoms with E-state index < -0.39 is 0 Å². The number of hydrogen-bond donors (Lipinski definition) is 1. The first kappa shape index (κ1) is 14.0. The minimum absolute atomic E-state index is 0.0850. The zero-order valence-corrected chi connectivity index (χ0v) is 12.2. The third-order valence-corrected chi connectivity index (χ3v) is 5.13. The van der Waals surface area contributed by atoms with E-state index in [2.05, 4.69) is 5.32 Å². The van der Waals surface area contributed by atoms with E-state index in [-0.39, 0.29) is 11.4 Å². The lowest BCUT2D eigenvalue weighted by Gasteiger charge is -2.48. The fraction of sp³-hybridized carbons (Fsp3) is 0.647. The van der Waals surface area contributed by atoms with E-state index in [0.717, 1.165) is 31.4 Å². The maximum atomic E-state index is 13.8. The van der Waals surface area contributed by atoms with Crippen LogP contribution in [0, 0.1) is 11.7 Å². The van der Waals surface area contributed by atoms with Gasteiger partial charge >= 0.3 is 0 Å². The van der Waals surface area contributed by atoms with Crippen LogP contribution in [0.4, 0.5) is 4.39 Å². The molecule has 1 spiro atoms. The summed E-state index contributed by atoms with van der Waals surface area (Å²) in [4.78, 5) is 0. The number of nitrogens with one attached hydrogen (secondary N) is 1. The highest BCUT2D eigenvalue weighted by Gasteiger charge is 2.44. The van der Waals surface area contributed by atoms with Gasteiger partial charge in [-0.2, -0.15) is 0 Å². The number of halogens is 1. The molecule has 1 aliphatic carbocycles. The number of rotatable bonds is 4. The Balaban J connectivity index is 1.68. The summed E-state index contributed by atoms with van der Waals surface area (Å²) in [5.41, 5.74) is 0.980. The average molecular weight is 277 g/mol. The zero-order chi connectivity index (χ0) is 14.0. The normalized spacial score (nSPS) is 26.2. The van der Waals surface area contributed by atoms with Crippen LogP contribution in [0.2, 0.25) is 0 Å². The molecule has 110 valence electrons. The van der Waals surface area contributed by atoms with Gasteiger partial charge in [-0.3, -0.25) is 0 Å². The number of ether oxygens (including phenoxy) is 1. The summed E-state index contributed by atoms with van der Waals surface area (Å²) in [6.07, 6.45) is 6.70. The van der Waals surface area contributed by atoms with Gasteiger partial charge in [-0.15, -0.1) is 0 Å². The molecule has 2 aliphatic rings. The molecule has 2 unspecified atom stereocenters. The van der Waals surface area contributed by atoms with Crippen LogP contribution in [0.15, 0.2) is 24.3 Å². The SMILES string of the molecule is CNC(Cc1ccccc1F)C1CCOC2(CCC2)C1. The van der Waals surface area contributed by atoms with Crippen LogP contribution in [0.25, 0.3) is 0 Å². The lowest BCUT2D eigenvalue weighted by Crippen LogP contribution is -2.50. The van der Waals surface area contributed by atoms with Crippen LogP contribution in [0.5, 0.6) is 0 Å². The zero-order valence-electron chi connectivity index (χ0n) is 12.2. The first-order valence-electron chi connectivity index (χ1n) is 7.77. The van der Waals surface area contributed by atoms with Gasteiger partial charge in [0, 0.05) is 12.6 Å². The van der Waals surface area contributed by atoms with Crippen molar-refractivity contribution in [1.82, 2.24) is 5.32 Å². The van der Waals surface area contributed by atoms with Crippen LogP contribution >= 0.6 is 0 Å². The van der Waals surface area contributed by atoms with E-state index in [1.807, 2.05) is 19.2 Å². The molecule has 3 heteroatoms. The molecule has 1 N–H and O–H groups in total. The summed E-state index contributed by atoms with van der Waals surface area (Å²) >= 11 is 0. The maximum Gasteiger partial charge on any atom is 0.126 e. The topological polar surface area (TPSA) is 21.3 Å². The third kappa shape index (κ3) is 2.75. The number of likely N-dealkylation sites (N-methyl/N-ethyl adjacent to an activating group) is 1. The van der Waals surface area contributed by atoms with Crippen molar-refractivity contribution in [2.75, 3.05) is 13.7 Å². The summed E-state index contributed by atoms with van der Waals surface area (Å²) in [6.45, 7) is 0.861. The van der Waals surface area contributed by atoms with Gasteiger partial charge in [0.1, 0.15) is 5.82 Å². The highest BCUT2D eigenvalue weighted by Crippen LogP contribution is 2.45. The summed E-state index contributed by atoms with van der Waals surface area (Å²) in [6, 6.07) is 7.47. The molecule has 1 saturated heterocycles. The van der Waals surface area contributed by atoms with Gasteiger partial charge in [-0.05, 0) is 63.1 Å². The molecule has 0 aromatic heterocycles. The number of benzene rings is 1. The van der Waals surface area contributed by atoms with E-state index in [9.17, 15) is 4.39 Å². The van der Waals surface area contributed by atoms with Crippen LogP contribution in [-0.4, -0.2) is 25.3 Å². The van der Waals surface area contributed by atoms with Crippen molar-refractivity contribution >= 4 is 0 Å². The van der Waals surface area contributed by atoms with Crippen molar-refractivity contribution < 1.29 is 9.13 Å². The Labute approximate surface area is 120 Å². The summed E-state index contributed by atoms with van der Waals surface area (Å²) in [7, 11) is 1.99. The standard InChI is InChI=1S/C17H24FNO/c1-19-16(11-13-5-2-3-6-15(13)18)14-7-10-20-17(12-14)8-4-9-17/h2-3,5-6,14,16,19H,4,7-12H2,1H3. The van der Waals surface area contributed by atoms with Crippen molar-refractivity contribution in [3.05, 3.63) is 35.6 Å². The second kappa shape index (κ2) is 5.82. The van der Waals surface area contributed by atoms with Crippen molar-refractivity contribution in [1.29, 1.82) is 0 Å². The molecule has 20 heavy (non-hydrogen) atoms. The molecular weight excluding hydrogens is 253 g/mol. The quantitative estimate of drug-likeness (QED) is 0.911. The molecule has 2 atom stereocenters. The lowest BCUT2D eigenvalue weighted by atomic mass is 9.70. The van der Waals surface area contributed by atoms with E-state index >= 15 is 0 Å². The van der Waals surface area contributed by atoms with Crippen LogP contribution in [-0.2, 0) is 11.2 Å². The first-order chi connectivity index (χ1) is 9.72. The van der Waals surface area contributed by atoms with Crippen molar-refractivity contribution in [3.63, 3.8) is 0 Å². The van der Waals surface area contributed by atoms with Crippen molar-refractivity contribution in [2.45, 2.75) is 50.2 Å². The highest BCUT2D eigenvalue weighted by atomic mass is 19.1. The Kier molecular flexibility index (Phi) is 4.08. The molecule has 1 saturated carbocycles. The monoisotopic (exact) mass is 277 g/mol. The van der Waals surface area contributed by atoms with Gasteiger partial charge in [0.05, 0.1) is 5.60 Å². The molecule has 1 aromatic rings. The van der Waals surface area contributed by atoms with Gasteiger partial charge in [0.15, 0.2) is 0 Å². The number of hydrogen-bond acceptors (Lipinski definition) is 2. The molecule has 1 aromatic carbocycles. The fourth-order valence-corrected chi connectivity index (χ4v) is 3.73. The van der Waals surface area contributed by atoms with E-state index in [4.69, 9.17) is 4.74 Å². The largest absolute Gasteiger partial charge is 0.375 e. The fourth-order valence-electron chi connectivity index (χ4n) is 3.73. The van der Waals surface area contributed by atoms with Gasteiger partial charge < -0.3 is 10.1 Å². The molecule has 2 nitrogen and oxygen atoms in total. The molecule has 2 fully saturated rings.